The zero-order chi connectivity index (χ0) is 32.1. The molecule has 0 aromatic rings. The highest BCUT2D eigenvalue weighted by Gasteiger charge is 2.52. The molecule has 0 saturated heterocycles. The third kappa shape index (κ3) is 7.95. The topological polar surface area (TPSA) is 202 Å². The lowest BCUT2D eigenvalue weighted by Crippen LogP contribution is -2.58. The second-order valence-electron chi connectivity index (χ2n) is 15.2. The van der Waals surface area contributed by atoms with Gasteiger partial charge in [-0.3, -0.25) is 0 Å². The maximum absolute atomic E-state index is 9.19. The van der Waals surface area contributed by atoms with E-state index in [-0.39, 0.29) is 0 Å². The third-order valence-corrected chi connectivity index (χ3v) is 11.3. The fraction of sp³-hybridized carbons (Fsp3) is 1.00. The van der Waals surface area contributed by atoms with Crippen LogP contribution in [0.4, 0.5) is 0 Å². The highest BCUT2D eigenvalue weighted by Crippen LogP contribution is 2.43. The van der Waals surface area contributed by atoms with E-state index in [2.05, 4.69) is 0 Å². The van der Waals surface area contributed by atoms with E-state index in [1.807, 2.05) is 0 Å². The molecule has 5 aliphatic carbocycles. The summed E-state index contributed by atoms with van der Waals surface area (Å²) in [5.74, 6) is 0. The van der Waals surface area contributed by atoms with Crippen LogP contribution >= 0.6 is 0 Å². The van der Waals surface area contributed by atoms with Crippen LogP contribution in [0.25, 0.3) is 0 Å². The van der Waals surface area contributed by atoms with Gasteiger partial charge in [0.1, 0.15) is 0 Å². The SMILES string of the molecule is C[C@]1(O)CC[C@@]1(C)O.C[C@]1(O)CC[C@@]1(C)O.C[C@]1(O)CC[C@@]1(C)O.C[C@]1(O)CC[C@@]1(C)O.C[C@]1(O)CC[C@@]1(C)O. The van der Waals surface area contributed by atoms with Crippen molar-refractivity contribution in [2.24, 2.45) is 0 Å². The van der Waals surface area contributed by atoms with Gasteiger partial charge in [0.25, 0.3) is 0 Å². The molecule has 0 aromatic carbocycles. The minimum Gasteiger partial charge on any atom is -0.387 e. The molecule has 240 valence electrons. The summed E-state index contributed by atoms with van der Waals surface area (Å²) >= 11 is 0. The Labute approximate surface area is 240 Å². The van der Waals surface area contributed by atoms with Crippen LogP contribution in [0.5, 0.6) is 0 Å². The van der Waals surface area contributed by atoms with Crippen LogP contribution in [-0.4, -0.2) is 107 Å². The average Bonchev–Trinajstić information content (AvgIpc) is 2.82. The normalized spacial score (nSPS) is 55.5. The Morgan fingerprint density at radius 1 is 0.200 bits per heavy atom. The molecular formula is C30H60O10. The second-order valence-corrected chi connectivity index (χ2v) is 15.2. The van der Waals surface area contributed by atoms with Crippen LogP contribution in [0.3, 0.4) is 0 Å². The average molecular weight is 581 g/mol. The van der Waals surface area contributed by atoms with E-state index >= 15 is 0 Å². The molecule has 0 bridgehead atoms. The van der Waals surface area contributed by atoms with Gasteiger partial charge >= 0.3 is 0 Å². The van der Waals surface area contributed by atoms with E-state index in [1.54, 1.807) is 69.2 Å². The summed E-state index contributed by atoms with van der Waals surface area (Å²) in [7, 11) is 0. The first-order valence-electron chi connectivity index (χ1n) is 14.5. The second kappa shape index (κ2) is 11.3. The standard InChI is InChI=1S/5C6H12O2/c5*1-5(7)3-4-6(5,2)8/h5*7-8H,3-4H2,1-2H3/t5*5-,6+. The molecule has 5 aliphatic rings. The summed E-state index contributed by atoms with van der Waals surface area (Å²) in [6, 6.07) is 0. The minimum atomic E-state index is -0.826. The van der Waals surface area contributed by atoms with Gasteiger partial charge in [-0.1, -0.05) is 0 Å². The predicted molar refractivity (Wildman–Crippen MR) is 152 cm³/mol. The Morgan fingerprint density at radius 3 is 0.250 bits per heavy atom. The zero-order valence-corrected chi connectivity index (χ0v) is 26.5. The molecular weight excluding hydrogens is 520 g/mol. The van der Waals surface area contributed by atoms with Crippen molar-refractivity contribution in [2.45, 2.75) is 189 Å². The first kappa shape index (κ1) is 37.6. The first-order chi connectivity index (χ1) is 17.3. The molecule has 0 spiro atoms. The summed E-state index contributed by atoms with van der Waals surface area (Å²) < 4.78 is 0. The number of aliphatic hydroxyl groups is 10. The minimum absolute atomic E-state index is 0.722. The molecule has 10 nitrogen and oxygen atoms in total. The van der Waals surface area contributed by atoms with Crippen molar-refractivity contribution in [2.75, 3.05) is 0 Å². The molecule has 0 radical (unpaired) electrons. The lowest BCUT2D eigenvalue weighted by molar-refractivity contribution is -0.200. The van der Waals surface area contributed by atoms with Crippen LogP contribution in [0, 0.1) is 0 Å². The Hall–Kier alpha value is -0.400. The van der Waals surface area contributed by atoms with Gasteiger partial charge in [-0.15, -0.1) is 0 Å². The van der Waals surface area contributed by atoms with Gasteiger partial charge in [0.05, 0.1) is 56.0 Å². The molecule has 0 heterocycles. The van der Waals surface area contributed by atoms with E-state index in [4.69, 9.17) is 0 Å². The van der Waals surface area contributed by atoms with Crippen LogP contribution in [0.2, 0.25) is 0 Å². The number of hydrogen-bond donors (Lipinski definition) is 10. The van der Waals surface area contributed by atoms with E-state index in [0.29, 0.717) is 0 Å². The van der Waals surface area contributed by atoms with E-state index in [9.17, 15) is 51.1 Å². The highest BCUT2D eigenvalue weighted by molar-refractivity contribution is 5.05. The van der Waals surface area contributed by atoms with E-state index < -0.39 is 56.0 Å². The number of rotatable bonds is 0. The molecule has 10 atom stereocenters. The fourth-order valence-electron chi connectivity index (χ4n) is 4.24. The monoisotopic (exact) mass is 580 g/mol. The Bertz CT molecular complexity index is 618. The fourth-order valence-corrected chi connectivity index (χ4v) is 4.24. The smallest absolute Gasteiger partial charge is 0.0903 e. The lowest BCUT2D eigenvalue weighted by Gasteiger charge is -2.48. The molecule has 0 aliphatic heterocycles. The Kier molecular flexibility index (Phi) is 10.6. The molecule has 0 amide bonds. The van der Waals surface area contributed by atoms with Crippen molar-refractivity contribution < 1.29 is 51.1 Å². The highest BCUT2D eigenvalue weighted by atomic mass is 16.4. The molecule has 10 heteroatoms. The summed E-state index contributed by atoms with van der Waals surface area (Å²) in [4.78, 5) is 0. The molecule has 5 fully saturated rings. The summed E-state index contributed by atoms with van der Waals surface area (Å²) in [5, 5.41) is 91.9. The van der Waals surface area contributed by atoms with Crippen molar-refractivity contribution in [1.29, 1.82) is 0 Å². The molecule has 5 saturated carbocycles. The van der Waals surface area contributed by atoms with Crippen LogP contribution in [0.15, 0.2) is 0 Å². The van der Waals surface area contributed by atoms with Crippen molar-refractivity contribution in [3.8, 4) is 0 Å². The summed E-state index contributed by atoms with van der Waals surface area (Å²) in [6.07, 6.45) is 7.22. The van der Waals surface area contributed by atoms with Crippen molar-refractivity contribution in [3.05, 3.63) is 0 Å². The van der Waals surface area contributed by atoms with Gasteiger partial charge in [0, 0.05) is 0 Å². The van der Waals surface area contributed by atoms with Gasteiger partial charge in [0.2, 0.25) is 0 Å². The molecule has 10 N–H and O–H groups in total. The molecule has 0 aromatic heterocycles. The van der Waals surface area contributed by atoms with Crippen LogP contribution < -0.4 is 0 Å². The van der Waals surface area contributed by atoms with Gasteiger partial charge in [-0.2, -0.15) is 0 Å². The Morgan fingerprint density at radius 2 is 0.250 bits per heavy atom. The maximum atomic E-state index is 9.19. The third-order valence-electron chi connectivity index (χ3n) is 11.3. The predicted octanol–water partition coefficient (Wildman–Crippen LogP) is 1.41. The van der Waals surface area contributed by atoms with Crippen molar-refractivity contribution >= 4 is 0 Å². The first-order valence-corrected chi connectivity index (χ1v) is 14.5. The lowest BCUT2D eigenvalue weighted by atomic mass is 9.68. The largest absolute Gasteiger partial charge is 0.387 e. The zero-order valence-electron chi connectivity index (χ0n) is 26.5. The number of hydrogen-bond acceptors (Lipinski definition) is 10. The van der Waals surface area contributed by atoms with Crippen molar-refractivity contribution in [1.82, 2.24) is 0 Å². The van der Waals surface area contributed by atoms with E-state index in [1.165, 1.54) is 0 Å². The maximum Gasteiger partial charge on any atom is 0.0903 e. The molecule has 5 rings (SSSR count). The molecule has 0 unspecified atom stereocenters. The van der Waals surface area contributed by atoms with Gasteiger partial charge in [-0.05, 0) is 133 Å². The van der Waals surface area contributed by atoms with Gasteiger partial charge < -0.3 is 51.1 Å². The van der Waals surface area contributed by atoms with Gasteiger partial charge in [0.15, 0.2) is 0 Å². The van der Waals surface area contributed by atoms with Crippen LogP contribution in [0.1, 0.15) is 133 Å². The molecule has 40 heavy (non-hydrogen) atoms. The Balaban J connectivity index is 0.000000250. The quantitative estimate of drug-likeness (QED) is 0.200. The summed E-state index contributed by atoms with van der Waals surface area (Å²) in [5.41, 5.74) is -8.26. The van der Waals surface area contributed by atoms with Gasteiger partial charge in [-0.25, -0.2) is 0 Å². The van der Waals surface area contributed by atoms with Crippen LogP contribution in [-0.2, 0) is 0 Å². The summed E-state index contributed by atoms with van der Waals surface area (Å²) in [6.45, 7) is 16.6. The van der Waals surface area contributed by atoms with E-state index in [0.717, 1.165) is 64.2 Å². The van der Waals surface area contributed by atoms with Crippen molar-refractivity contribution in [3.63, 3.8) is 0 Å².